The minimum atomic E-state index is -0.284. The maximum absolute atomic E-state index is 12.6. The van der Waals surface area contributed by atoms with Crippen molar-refractivity contribution in [3.8, 4) is 0 Å². The van der Waals surface area contributed by atoms with Crippen LogP contribution >= 0.6 is 23.2 Å². The van der Waals surface area contributed by atoms with Gasteiger partial charge in [-0.2, -0.15) is 10.1 Å². The molecule has 1 N–H and O–H groups in total. The van der Waals surface area contributed by atoms with Gasteiger partial charge in [0.2, 0.25) is 5.95 Å². The van der Waals surface area contributed by atoms with Gasteiger partial charge in [-0.05, 0) is 38.5 Å². The lowest BCUT2D eigenvalue weighted by Crippen LogP contribution is -2.40. The van der Waals surface area contributed by atoms with E-state index >= 15 is 0 Å². The number of fused-ring (bicyclic) bond motifs is 1. The largest absolute Gasteiger partial charge is 0.370 e. The van der Waals surface area contributed by atoms with E-state index in [2.05, 4.69) is 10.1 Å². The van der Waals surface area contributed by atoms with Crippen molar-refractivity contribution in [3.05, 3.63) is 50.4 Å². The topological polar surface area (TPSA) is 76.0 Å². The molecule has 1 fully saturated rings. The fraction of sp³-hybridized carbons (Fsp3) is 0.421. The highest BCUT2D eigenvalue weighted by Crippen LogP contribution is 2.30. The van der Waals surface area contributed by atoms with Gasteiger partial charge in [0, 0.05) is 6.54 Å². The number of aromatic nitrogens is 4. The molecule has 1 atom stereocenters. The summed E-state index contributed by atoms with van der Waals surface area (Å²) in [5.41, 5.74) is 1.02. The Hall–Kier alpha value is -2.09. The molecule has 0 spiro atoms. The lowest BCUT2D eigenvalue weighted by Gasteiger charge is -2.33. The number of anilines is 1. The van der Waals surface area contributed by atoms with Crippen LogP contribution in [0.25, 0.3) is 11.0 Å². The van der Waals surface area contributed by atoms with E-state index in [9.17, 15) is 4.79 Å². The van der Waals surface area contributed by atoms with Gasteiger partial charge in [0.25, 0.3) is 5.56 Å². The SMILES string of the molecule is CC(C)(C)n1ncc2c(=O)[nH]c(N3CCOC(c4ccc(Cl)c(Cl)c4)C3)nc21. The van der Waals surface area contributed by atoms with Crippen molar-refractivity contribution in [1.82, 2.24) is 19.7 Å². The van der Waals surface area contributed by atoms with E-state index in [1.165, 1.54) is 0 Å². The molecule has 3 aromatic rings. The molecule has 1 aromatic carbocycles. The molecule has 0 saturated carbocycles. The van der Waals surface area contributed by atoms with Crippen LogP contribution in [-0.4, -0.2) is 39.4 Å². The molecule has 0 bridgehead atoms. The molecule has 3 heterocycles. The summed E-state index contributed by atoms with van der Waals surface area (Å²) in [5, 5.41) is 5.83. The fourth-order valence-corrected chi connectivity index (χ4v) is 3.61. The third kappa shape index (κ3) is 3.50. The average Bonchev–Trinajstić information content (AvgIpc) is 3.09. The number of hydrogen-bond acceptors (Lipinski definition) is 5. The van der Waals surface area contributed by atoms with Crippen LogP contribution in [0.4, 0.5) is 5.95 Å². The molecule has 28 heavy (non-hydrogen) atoms. The minimum Gasteiger partial charge on any atom is -0.370 e. The summed E-state index contributed by atoms with van der Waals surface area (Å²) >= 11 is 12.2. The van der Waals surface area contributed by atoms with E-state index < -0.39 is 0 Å². The number of rotatable bonds is 2. The maximum Gasteiger partial charge on any atom is 0.263 e. The summed E-state index contributed by atoms with van der Waals surface area (Å²) < 4.78 is 7.69. The Kier molecular flexibility index (Phi) is 4.85. The first-order chi connectivity index (χ1) is 13.2. The van der Waals surface area contributed by atoms with Crippen molar-refractivity contribution < 1.29 is 4.74 Å². The highest BCUT2D eigenvalue weighted by Gasteiger charge is 2.26. The standard InChI is InChI=1S/C19H21Cl2N5O2/c1-19(2,3)26-16-12(9-22-26)17(27)24-18(23-16)25-6-7-28-15(10-25)11-4-5-13(20)14(21)8-11/h4-5,8-9,15H,6-7,10H2,1-3H3,(H,23,24,27). The average molecular weight is 422 g/mol. The number of nitrogens with zero attached hydrogens (tertiary/aromatic N) is 4. The van der Waals surface area contributed by atoms with Crippen molar-refractivity contribution >= 4 is 40.2 Å². The molecule has 148 valence electrons. The van der Waals surface area contributed by atoms with Crippen LogP contribution in [0.3, 0.4) is 0 Å². The highest BCUT2D eigenvalue weighted by molar-refractivity contribution is 6.42. The van der Waals surface area contributed by atoms with Crippen molar-refractivity contribution in [2.75, 3.05) is 24.6 Å². The van der Waals surface area contributed by atoms with E-state index in [0.717, 1.165) is 5.56 Å². The van der Waals surface area contributed by atoms with Gasteiger partial charge >= 0.3 is 0 Å². The molecule has 0 radical (unpaired) electrons. The second-order valence-electron chi connectivity index (χ2n) is 7.83. The molecule has 9 heteroatoms. The summed E-state index contributed by atoms with van der Waals surface area (Å²) in [4.78, 5) is 22.2. The zero-order chi connectivity index (χ0) is 20.1. The Balaban J connectivity index is 1.69. The molecule has 4 rings (SSSR count). The third-order valence-electron chi connectivity index (χ3n) is 4.74. The lowest BCUT2D eigenvalue weighted by molar-refractivity contribution is 0.0392. The molecule has 7 nitrogen and oxygen atoms in total. The molecule has 1 unspecified atom stereocenters. The van der Waals surface area contributed by atoms with Gasteiger partial charge in [-0.3, -0.25) is 9.78 Å². The third-order valence-corrected chi connectivity index (χ3v) is 5.48. The van der Waals surface area contributed by atoms with Crippen molar-refractivity contribution in [3.63, 3.8) is 0 Å². The predicted octanol–water partition coefficient (Wildman–Crippen LogP) is 3.76. The Morgan fingerprint density at radius 2 is 2.04 bits per heavy atom. The van der Waals surface area contributed by atoms with Crippen LogP contribution in [0.1, 0.15) is 32.4 Å². The maximum atomic E-state index is 12.6. The Bertz CT molecular complexity index is 1090. The van der Waals surface area contributed by atoms with Crippen LogP contribution < -0.4 is 10.5 Å². The summed E-state index contributed by atoms with van der Waals surface area (Å²) in [5.74, 6) is 0.511. The zero-order valence-electron chi connectivity index (χ0n) is 15.9. The molecule has 1 aliphatic heterocycles. The summed E-state index contributed by atoms with van der Waals surface area (Å²) in [6.07, 6.45) is 1.37. The number of nitrogens with one attached hydrogen (secondary N) is 1. The van der Waals surface area contributed by atoms with Gasteiger partial charge in [-0.15, -0.1) is 0 Å². The summed E-state index contributed by atoms with van der Waals surface area (Å²) in [6, 6.07) is 5.47. The van der Waals surface area contributed by atoms with Gasteiger partial charge < -0.3 is 9.64 Å². The van der Waals surface area contributed by atoms with E-state index in [0.29, 0.717) is 46.7 Å². The number of aromatic amines is 1. The quantitative estimate of drug-likeness (QED) is 0.681. The van der Waals surface area contributed by atoms with Crippen molar-refractivity contribution in [2.24, 2.45) is 0 Å². The summed E-state index contributed by atoms with van der Waals surface area (Å²) in [7, 11) is 0. The van der Waals surface area contributed by atoms with E-state index in [1.54, 1.807) is 16.9 Å². The second-order valence-corrected chi connectivity index (χ2v) is 8.65. The molecular weight excluding hydrogens is 401 g/mol. The molecule has 2 aromatic heterocycles. The van der Waals surface area contributed by atoms with Crippen LogP contribution in [0.5, 0.6) is 0 Å². The van der Waals surface area contributed by atoms with E-state index in [1.807, 2.05) is 37.8 Å². The smallest absolute Gasteiger partial charge is 0.263 e. The van der Waals surface area contributed by atoms with Crippen LogP contribution in [0, 0.1) is 0 Å². The first-order valence-corrected chi connectivity index (χ1v) is 9.79. The molecule has 0 amide bonds. The van der Waals surface area contributed by atoms with Crippen LogP contribution in [0.15, 0.2) is 29.2 Å². The Labute approximate surface area is 172 Å². The number of halogens is 2. The van der Waals surface area contributed by atoms with Gasteiger partial charge in [-0.25, -0.2) is 4.68 Å². The fourth-order valence-electron chi connectivity index (χ4n) is 3.30. The number of hydrogen-bond donors (Lipinski definition) is 1. The number of ether oxygens (including phenoxy) is 1. The highest BCUT2D eigenvalue weighted by atomic mass is 35.5. The van der Waals surface area contributed by atoms with Gasteiger partial charge in [0.05, 0.1) is 34.9 Å². The second kappa shape index (κ2) is 7.06. The first-order valence-electron chi connectivity index (χ1n) is 9.04. The predicted molar refractivity (Wildman–Crippen MR) is 111 cm³/mol. The summed E-state index contributed by atoms with van der Waals surface area (Å²) in [6.45, 7) is 7.74. The Morgan fingerprint density at radius 1 is 1.25 bits per heavy atom. The van der Waals surface area contributed by atoms with E-state index in [4.69, 9.17) is 32.9 Å². The van der Waals surface area contributed by atoms with Crippen molar-refractivity contribution in [2.45, 2.75) is 32.4 Å². The molecular formula is C19H21Cl2N5O2. The monoisotopic (exact) mass is 421 g/mol. The molecule has 1 saturated heterocycles. The first kappa shape index (κ1) is 19.2. The molecule has 0 aliphatic carbocycles. The lowest BCUT2D eigenvalue weighted by atomic mass is 10.1. The van der Waals surface area contributed by atoms with Crippen LogP contribution in [0.2, 0.25) is 10.0 Å². The van der Waals surface area contributed by atoms with Crippen molar-refractivity contribution in [1.29, 1.82) is 0 Å². The zero-order valence-corrected chi connectivity index (χ0v) is 17.4. The van der Waals surface area contributed by atoms with E-state index in [-0.39, 0.29) is 17.2 Å². The van der Waals surface area contributed by atoms with Gasteiger partial charge in [0.1, 0.15) is 11.5 Å². The van der Waals surface area contributed by atoms with Gasteiger partial charge in [0.15, 0.2) is 5.65 Å². The number of benzene rings is 1. The molecule has 1 aliphatic rings. The minimum absolute atomic E-state index is 0.197. The number of H-pyrrole nitrogens is 1. The normalized spacial score (nSPS) is 18.0. The Morgan fingerprint density at radius 3 is 2.75 bits per heavy atom. The number of morpholine rings is 1. The van der Waals surface area contributed by atoms with Crippen LogP contribution in [-0.2, 0) is 10.3 Å². The van der Waals surface area contributed by atoms with Gasteiger partial charge in [-0.1, -0.05) is 29.3 Å².